The van der Waals surface area contributed by atoms with E-state index < -0.39 is 0 Å². The number of hydrogen-bond donors (Lipinski definition) is 1. The molecule has 1 aromatic heterocycles. The maximum Gasteiger partial charge on any atom is 0.107 e. The van der Waals surface area contributed by atoms with Gasteiger partial charge < -0.3 is 5.32 Å². The van der Waals surface area contributed by atoms with Crippen LogP contribution in [0.4, 0.5) is 10.1 Å². The molecule has 56 valence electrons. The fourth-order valence-electron chi connectivity index (χ4n) is 0.704. The summed E-state index contributed by atoms with van der Waals surface area (Å²) in [7, 11) is 1.82. The van der Waals surface area contributed by atoms with Crippen LogP contribution in [0.5, 0.6) is 0 Å². The quantitative estimate of drug-likeness (QED) is 0.678. The molecule has 1 aromatic rings. The van der Waals surface area contributed by atoms with Gasteiger partial charge in [-0.25, -0.2) is 4.39 Å². The Kier molecular flexibility index (Phi) is 2.25. The van der Waals surface area contributed by atoms with E-state index in [1.54, 1.807) is 17.1 Å². The molecule has 0 spiro atoms. The van der Waals surface area contributed by atoms with Crippen LogP contribution in [0.25, 0.3) is 0 Å². The predicted octanol–water partition coefficient (Wildman–Crippen LogP) is 0.801. The Morgan fingerprint density at radius 2 is 2.60 bits per heavy atom. The van der Waals surface area contributed by atoms with Crippen LogP contribution in [0, 0.1) is 0 Å². The van der Waals surface area contributed by atoms with Gasteiger partial charge in [-0.05, 0) is 0 Å². The van der Waals surface area contributed by atoms with Crippen LogP contribution in [0.1, 0.15) is 0 Å². The van der Waals surface area contributed by atoms with Crippen molar-refractivity contribution in [3.63, 3.8) is 0 Å². The molecule has 0 aromatic carbocycles. The van der Waals surface area contributed by atoms with Crippen LogP contribution in [0.2, 0.25) is 0 Å². The second kappa shape index (κ2) is 3.20. The van der Waals surface area contributed by atoms with Crippen molar-refractivity contribution in [1.82, 2.24) is 9.78 Å². The molecule has 10 heavy (non-hydrogen) atoms. The first-order valence-corrected chi connectivity index (χ1v) is 3.11. The number of halogens is 1. The van der Waals surface area contributed by atoms with Crippen molar-refractivity contribution in [2.24, 2.45) is 7.05 Å². The zero-order valence-corrected chi connectivity index (χ0v) is 5.84. The second-order valence-electron chi connectivity index (χ2n) is 2.02. The molecule has 0 saturated carbocycles. The second-order valence-corrected chi connectivity index (χ2v) is 2.02. The number of nitrogens with one attached hydrogen (secondary N) is 1. The molecule has 0 aliphatic carbocycles. The van der Waals surface area contributed by atoms with Crippen molar-refractivity contribution in [1.29, 1.82) is 0 Å². The number of aryl methyl sites for hydroxylation is 1. The Hall–Kier alpha value is -1.06. The molecule has 0 bridgehead atoms. The molecule has 0 aliphatic rings. The molecule has 0 fully saturated rings. The van der Waals surface area contributed by atoms with E-state index in [0.29, 0.717) is 6.54 Å². The van der Waals surface area contributed by atoms with E-state index in [0.717, 1.165) is 5.69 Å². The molecule has 0 radical (unpaired) electrons. The third kappa shape index (κ3) is 1.72. The minimum absolute atomic E-state index is 0.352. The van der Waals surface area contributed by atoms with Crippen molar-refractivity contribution in [3.8, 4) is 0 Å². The van der Waals surface area contributed by atoms with Crippen LogP contribution in [-0.4, -0.2) is 23.0 Å². The van der Waals surface area contributed by atoms with Gasteiger partial charge in [0.1, 0.15) is 6.67 Å². The number of nitrogens with zero attached hydrogens (tertiary/aromatic N) is 2. The largest absolute Gasteiger partial charge is 0.380 e. The van der Waals surface area contributed by atoms with E-state index in [2.05, 4.69) is 10.4 Å². The van der Waals surface area contributed by atoms with Crippen LogP contribution in [0.15, 0.2) is 12.4 Å². The van der Waals surface area contributed by atoms with Gasteiger partial charge in [-0.2, -0.15) is 5.10 Å². The van der Waals surface area contributed by atoms with Gasteiger partial charge in [-0.3, -0.25) is 4.68 Å². The summed E-state index contributed by atoms with van der Waals surface area (Å²) in [6, 6.07) is 0. The van der Waals surface area contributed by atoms with Gasteiger partial charge in [0, 0.05) is 19.8 Å². The smallest absolute Gasteiger partial charge is 0.107 e. The summed E-state index contributed by atoms with van der Waals surface area (Å²) in [5.74, 6) is 0. The summed E-state index contributed by atoms with van der Waals surface area (Å²) >= 11 is 0. The third-order valence-electron chi connectivity index (χ3n) is 1.13. The number of alkyl halides is 1. The van der Waals surface area contributed by atoms with Gasteiger partial charge in [0.05, 0.1) is 11.9 Å². The Bertz CT molecular complexity index is 197. The van der Waals surface area contributed by atoms with Crippen molar-refractivity contribution in [2.75, 3.05) is 18.5 Å². The fraction of sp³-hybridized carbons (Fsp3) is 0.500. The highest BCUT2D eigenvalue weighted by molar-refractivity contribution is 5.37. The normalized spacial score (nSPS) is 9.80. The highest BCUT2D eigenvalue weighted by atomic mass is 19.1. The van der Waals surface area contributed by atoms with E-state index in [1.165, 1.54) is 0 Å². The van der Waals surface area contributed by atoms with E-state index in [1.807, 2.05) is 7.05 Å². The minimum Gasteiger partial charge on any atom is -0.380 e. The lowest BCUT2D eigenvalue weighted by Gasteiger charge is -1.95. The lowest BCUT2D eigenvalue weighted by atomic mass is 10.5. The molecule has 1 rings (SSSR count). The summed E-state index contributed by atoms with van der Waals surface area (Å²) in [5, 5.41) is 6.76. The van der Waals surface area contributed by atoms with E-state index >= 15 is 0 Å². The van der Waals surface area contributed by atoms with Gasteiger partial charge in [-0.1, -0.05) is 0 Å². The van der Waals surface area contributed by atoms with E-state index in [4.69, 9.17) is 0 Å². The zero-order valence-electron chi connectivity index (χ0n) is 5.84. The highest BCUT2D eigenvalue weighted by Crippen LogP contribution is 2.01. The number of rotatable bonds is 3. The predicted molar refractivity (Wildman–Crippen MR) is 37.7 cm³/mol. The zero-order chi connectivity index (χ0) is 7.40. The van der Waals surface area contributed by atoms with Crippen LogP contribution in [-0.2, 0) is 7.05 Å². The molecule has 4 heteroatoms. The Morgan fingerprint density at radius 3 is 3.10 bits per heavy atom. The molecular formula is C6H10FN3. The molecule has 0 aliphatic heterocycles. The molecule has 1 heterocycles. The van der Waals surface area contributed by atoms with Crippen molar-refractivity contribution in [3.05, 3.63) is 12.4 Å². The lowest BCUT2D eigenvalue weighted by molar-refractivity contribution is 0.513. The number of aromatic nitrogens is 2. The number of anilines is 1. The fourth-order valence-corrected chi connectivity index (χ4v) is 0.704. The molecule has 0 atom stereocenters. The SMILES string of the molecule is Cn1cc(NCCF)cn1. The molecule has 0 unspecified atom stereocenters. The van der Waals surface area contributed by atoms with Gasteiger partial charge in [-0.15, -0.1) is 0 Å². The molecule has 0 saturated heterocycles. The summed E-state index contributed by atoms with van der Waals surface area (Å²) in [6.07, 6.45) is 3.46. The summed E-state index contributed by atoms with van der Waals surface area (Å²) < 4.78 is 13.3. The summed E-state index contributed by atoms with van der Waals surface area (Å²) in [6.45, 7) is 0.000583. The Morgan fingerprint density at radius 1 is 1.80 bits per heavy atom. The van der Waals surface area contributed by atoms with Gasteiger partial charge in [0.25, 0.3) is 0 Å². The first-order valence-electron chi connectivity index (χ1n) is 3.11. The monoisotopic (exact) mass is 143 g/mol. The van der Waals surface area contributed by atoms with Crippen LogP contribution in [0.3, 0.4) is 0 Å². The number of hydrogen-bond acceptors (Lipinski definition) is 2. The molecule has 1 N–H and O–H groups in total. The van der Waals surface area contributed by atoms with Crippen molar-refractivity contribution < 1.29 is 4.39 Å². The standard InChI is InChI=1S/C6H10FN3/c1-10-5-6(4-9-10)8-3-2-7/h4-5,8H,2-3H2,1H3. The molecule has 3 nitrogen and oxygen atoms in total. The first-order chi connectivity index (χ1) is 4.83. The van der Waals surface area contributed by atoms with Crippen LogP contribution < -0.4 is 5.32 Å². The Balaban J connectivity index is 2.42. The van der Waals surface area contributed by atoms with Gasteiger partial charge in [0.2, 0.25) is 0 Å². The first kappa shape index (κ1) is 7.05. The Labute approximate surface area is 58.8 Å². The van der Waals surface area contributed by atoms with Crippen LogP contribution >= 0.6 is 0 Å². The lowest BCUT2D eigenvalue weighted by Crippen LogP contribution is -2.01. The highest BCUT2D eigenvalue weighted by Gasteiger charge is 1.91. The molecule has 0 amide bonds. The average molecular weight is 143 g/mol. The van der Waals surface area contributed by atoms with Crippen molar-refractivity contribution >= 4 is 5.69 Å². The minimum atomic E-state index is -0.352. The van der Waals surface area contributed by atoms with Crippen molar-refractivity contribution in [2.45, 2.75) is 0 Å². The molecular weight excluding hydrogens is 133 g/mol. The van der Waals surface area contributed by atoms with E-state index in [-0.39, 0.29) is 6.67 Å². The summed E-state index contributed by atoms with van der Waals surface area (Å²) in [4.78, 5) is 0. The third-order valence-corrected chi connectivity index (χ3v) is 1.13. The average Bonchev–Trinajstić information content (AvgIpc) is 2.31. The maximum atomic E-state index is 11.6. The maximum absolute atomic E-state index is 11.6. The summed E-state index contributed by atoms with van der Waals surface area (Å²) in [5.41, 5.74) is 0.861. The van der Waals surface area contributed by atoms with Gasteiger partial charge >= 0.3 is 0 Å². The van der Waals surface area contributed by atoms with Gasteiger partial charge in [0.15, 0.2) is 0 Å². The van der Waals surface area contributed by atoms with E-state index in [9.17, 15) is 4.39 Å². The topological polar surface area (TPSA) is 29.9 Å².